The Kier molecular flexibility index (Phi) is 3.32. The smallest absolute Gasteiger partial charge is 0.0893 e. The highest BCUT2D eigenvalue weighted by atomic mass is 35.5. The minimum absolute atomic E-state index is 0.184. The van der Waals surface area contributed by atoms with Crippen molar-refractivity contribution in [2.24, 2.45) is 11.1 Å². The van der Waals surface area contributed by atoms with Gasteiger partial charge in [0.1, 0.15) is 0 Å². The molecule has 1 N–H and O–H groups in total. The van der Waals surface area contributed by atoms with Crippen LogP contribution in [0.4, 0.5) is 0 Å². The molecule has 0 spiro atoms. The van der Waals surface area contributed by atoms with Crippen LogP contribution in [0.2, 0.25) is 5.02 Å². The van der Waals surface area contributed by atoms with Crippen LogP contribution in [0.1, 0.15) is 19.4 Å². The predicted octanol–water partition coefficient (Wildman–Crippen LogP) is 3.17. The lowest BCUT2D eigenvalue weighted by atomic mass is 10.0. The Morgan fingerprint density at radius 3 is 2.62 bits per heavy atom. The monoisotopic (exact) mass is 197 g/mol. The summed E-state index contributed by atoms with van der Waals surface area (Å²) in [7, 11) is 0. The van der Waals surface area contributed by atoms with Gasteiger partial charge >= 0.3 is 0 Å². The zero-order chi connectivity index (χ0) is 9.84. The van der Waals surface area contributed by atoms with E-state index in [0.717, 1.165) is 5.56 Å². The average Bonchev–Trinajstić information content (AvgIpc) is 2.04. The second-order valence-electron chi connectivity index (χ2n) is 3.15. The molecule has 0 saturated carbocycles. The van der Waals surface area contributed by atoms with E-state index in [9.17, 15) is 0 Å². The molecule has 1 aromatic rings. The summed E-state index contributed by atoms with van der Waals surface area (Å²) in [4.78, 5) is 0. The first kappa shape index (κ1) is 10.1. The molecule has 1 rings (SSSR count). The second-order valence-corrected chi connectivity index (χ2v) is 3.59. The minimum Gasteiger partial charge on any atom is -0.411 e. The van der Waals surface area contributed by atoms with Crippen LogP contribution in [-0.2, 0) is 0 Å². The van der Waals surface area contributed by atoms with Crippen LogP contribution in [0.25, 0.3) is 0 Å². The van der Waals surface area contributed by atoms with E-state index in [1.54, 1.807) is 12.1 Å². The zero-order valence-corrected chi connectivity index (χ0v) is 8.42. The van der Waals surface area contributed by atoms with E-state index in [-0.39, 0.29) is 5.92 Å². The number of oxime groups is 1. The summed E-state index contributed by atoms with van der Waals surface area (Å²) in [6.45, 7) is 3.94. The summed E-state index contributed by atoms with van der Waals surface area (Å²) in [5.41, 5.74) is 1.52. The summed E-state index contributed by atoms with van der Waals surface area (Å²) in [6, 6.07) is 7.29. The lowest BCUT2D eigenvalue weighted by molar-refractivity contribution is 0.316. The lowest BCUT2D eigenvalue weighted by Crippen LogP contribution is -2.08. The fourth-order valence-corrected chi connectivity index (χ4v) is 1.34. The number of hydrogen-bond donors (Lipinski definition) is 1. The molecule has 0 aliphatic carbocycles. The highest BCUT2D eigenvalue weighted by Gasteiger charge is 2.08. The third-order valence-electron chi connectivity index (χ3n) is 1.77. The highest BCUT2D eigenvalue weighted by Crippen LogP contribution is 2.14. The van der Waals surface area contributed by atoms with Gasteiger partial charge in [0.25, 0.3) is 0 Å². The maximum absolute atomic E-state index is 8.79. The Labute approximate surface area is 82.8 Å². The highest BCUT2D eigenvalue weighted by molar-refractivity contribution is 6.31. The van der Waals surface area contributed by atoms with Crippen molar-refractivity contribution in [3.05, 3.63) is 34.9 Å². The SMILES string of the molecule is CC(C)/C(=N/O)c1cccc(Cl)c1. The molecule has 0 bridgehead atoms. The van der Waals surface area contributed by atoms with Crippen molar-refractivity contribution in [1.82, 2.24) is 0 Å². The van der Waals surface area contributed by atoms with E-state index in [1.165, 1.54) is 0 Å². The normalized spacial score (nSPS) is 12.2. The molecule has 0 amide bonds. The molecular formula is C10H12ClNO. The first-order valence-corrected chi connectivity index (χ1v) is 4.51. The van der Waals surface area contributed by atoms with Crippen molar-refractivity contribution in [3.63, 3.8) is 0 Å². The van der Waals surface area contributed by atoms with Gasteiger partial charge in [0.15, 0.2) is 0 Å². The number of nitrogens with zero attached hydrogens (tertiary/aromatic N) is 1. The third kappa shape index (κ3) is 2.46. The maximum Gasteiger partial charge on any atom is 0.0893 e. The maximum atomic E-state index is 8.79. The lowest BCUT2D eigenvalue weighted by Gasteiger charge is -2.07. The van der Waals surface area contributed by atoms with E-state index in [0.29, 0.717) is 10.7 Å². The van der Waals surface area contributed by atoms with Gasteiger partial charge in [-0.2, -0.15) is 0 Å². The van der Waals surface area contributed by atoms with E-state index in [1.807, 2.05) is 26.0 Å². The Morgan fingerprint density at radius 1 is 1.46 bits per heavy atom. The van der Waals surface area contributed by atoms with Crippen molar-refractivity contribution < 1.29 is 5.21 Å². The summed E-state index contributed by atoms with van der Waals surface area (Å²) < 4.78 is 0. The van der Waals surface area contributed by atoms with Gasteiger partial charge in [-0.3, -0.25) is 0 Å². The predicted molar refractivity (Wildman–Crippen MR) is 54.6 cm³/mol. The summed E-state index contributed by atoms with van der Waals surface area (Å²) in [6.07, 6.45) is 0. The van der Waals surface area contributed by atoms with Crippen LogP contribution in [0.15, 0.2) is 29.4 Å². The Bertz CT molecular complexity index is 320. The van der Waals surface area contributed by atoms with Gasteiger partial charge in [-0.25, -0.2) is 0 Å². The van der Waals surface area contributed by atoms with E-state index < -0.39 is 0 Å². The molecular weight excluding hydrogens is 186 g/mol. The van der Waals surface area contributed by atoms with Crippen molar-refractivity contribution in [3.8, 4) is 0 Å². The Morgan fingerprint density at radius 2 is 2.15 bits per heavy atom. The van der Waals surface area contributed by atoms with E-state index >= 15 is 0 Å². The molecule has 0 aliphatic rings. The topological polar surface area (TPSA) is 32.6 Å². The van der Waals surface area contributed by atoms with Gasteiger partial charge in [-0.15, -0.1) is 0 Å². The molecule has 0 aliphatic heterocycles. The van der Waals surface area contributed by atoms with Crippen LogP contribution in [0, 0.1) is 5.92 Å². The van der Waals surface area contributed by atoms with Crippen molar-refractivity contribution >= 4 is 17.3 Å². The van der Waals surface area contributed by atoms with Crippen LogP contribution in [-0.4, -0.2) is 10.9 Å². The molecule has 0 radical (unpaired) electrons. The molecule has 0 atom stereocenters. The van der Waals surface area contributed by atoms with Crippen LogP contribution >= 0.6 is 11.6 Å². The summed E-state index contributed by atoms with van der Waals surface area (Å²) in [5, 5.41) is 12.7. The zero-order valence-electron chi connectivity index (χ0n) is 7.66. The fraction of sp³-hybridized carbons (Fsp3) is 0.300. The second kappa shape index (κ2) is 4.28. The van der Waals surface area contributed by atoms with E-state index in [4.69, 9.17) is 16.8 Å². The quantitative estimate of drug-likeness (QED) is 0.441. The molecule has 1 aromatic carbocycles. The third-order valence-corrected chi connectivity index (χ3v) is 2.01. The molecule has 0 saturated heterocycles. The molecule has 0 aromatic heterocycles. The minimum atomic E-state index is 0.184. The van der Waals surface area contributed by atoms with E-state index in [2.05, 4.69) is 5.16 Å². The van der Waals surface area contributed by atoms with Gasteiger partial charge in [0.2, 0.25) is 0 Å². The largest absolute Gasteiger partial charge is 0.411 e. The van der Waals surface area contributed by atoms with Crippen molar-refractivity contribution in [1.29, 1.82) is 0 Å². The molecule has 0 fully saturated rings. The van der Waals surface area contributed by atoms with Gasteiger partial charge in [-0.1, -0.05) is 42.7 Å². The van der Waals surface area contributed by atoms with Gasteiger partial charge in [-0.05, 0) is 18.1 Å². The average molecular weight is 198 g/mol. The van der Waals surface area contributed by atoms with Gasteiger partial charge in [0.05, 0.1) is 5.71 Å². The van der Waals surface area contributed by atoms with Gasteiger partial charge < -0.3 is 5.21 Å². The van der Waals surface area contributed by atoms with Crippen molar-refractivity contribution in [2.45, 2.75) is 13.8 Å². The standard InChI is InChI=1S/C10H12ClNO/c1-7(2)10(12-13)8-4-3-5-9(11)6-8/h3-7,13H,1-2H3/b12-10-. The number of hydrogen-bond acceptors (Lipinski definition) is 2. The van der Waals surface area contributed by atoms with Crippen LogP contribution < -0.4 is 0 Å². The number of rotatable bonds is 2. The molecule has 0 heterocycles. The number of halogens is 1. The molecule has 3 heteroatoms. The van der Waals surface area contributed by atoms with Crippen LogP contribution in [0.5, 0.6) is 0 Å². The van der Waals surface area contributed by atoms with Crippen LogP contribution in [0.3, 0.4) is 0 Å². The van der Waals surface area contributed by atoms with Crippen molar-refractivity contribution in [2.75, 3.05) is 0 Å². The van der Waals surface area contributed by atoms with Gasteiger partial charge in [0, 0.05) is 10.6 Å². The molecule has 70 valence electrons. The number of benzene rings is 1. The Hall–Kier alpha value is -1.02. The Balaban J connectivity index is 3.06. The summed E-state index contributed by atoms with van der Waals surface area (Å²) in [5.74, 6) is 0.184. The first-order chi connectivity index (χ1) is 6.15. The molecule has 13 heavy (non-hydrogen) atoms. The summed E-state index contributed by atoms with van der Waals surface area (Å²) >= 11 is 5.81. The first-order valence-electron chi connectivity index (χ1n) is 4.13. The molecule has 2 nitrogen and oxygen atoms in total. The fourth-order valence-electron chi connectivity index (χ4n) is 1.15. The molecule has 0 unspecified atom stereocenters.